The number of benzene rings is 2. The van der Waals surface area contributed by atoms with Gasteiger partial charge in [0.2, 0.25) is 0 Å². The Morgan fingerprint density at radius 3 is 2.46 bits per heavy atom. The molecule has 3 aliphatic rings. The quantitative estimate of drug-likeness (QED) is 0.354. The lowest BCUT2D eigenvalue weighted by Crippen LogP contribution is -2.44. The Morgan fingerprint density at radius 2 is 1.73 bits per heavy atom. The van der Waals surface area contributed by atoms with Crippen molar-refractivity contribution >= 4 is 40.1 Å². The van der Waals surface area contributed by atoms with Crippen LogP contribution in [-0.2, 0) is 4.79 Å². The van der Waals surface area contributed by atoms with Crippen molar-refractivity contribution in [3.05, 3.63) is 76.4 Å². The van der Waals surface area contributed by atoms with Crippen molar-refractivity contribution in [3.63, 3.8) is 0 Å². The number of hydrogen-bond donors (Lipinski definition) is 2. The number of fused-ring (bicyclic) bond motifs is 1. The van der Waals surface area contributed by atoms with Gasteiger partial charge in [0, 0.05) is 42.1 Å². The number of nitrogens with zero attached hydrogens (tertiary/aromatic N) is 2. The SMILES string of the molecule is O=C1NC(=O)c2ccc(-c3ccsc3)cc2C1=CNc1ccc(N2CCC(N3CCCC3)CC2)c(F)c1. The van der Waals surface area contributed by atoms with Crippen molar-refractivity contribution in [2.75, 3.05) is 36.4 Å². The molecule has 2 aromatic carbocycles. The van der Waals surface area contributed by atoms with Gasteiger partial charge in [-0.2, -0.15) is 11.3 Å². The highest BCUT2D eigenvalue weighted by atomic mass is 32.1. The van der Waals surface area contributed by atoms with Gasteiger partial charge >= 0.3 is 0 Å². The Kier molecular flexibility index (Phi) is 6.52. The van der Waals surface area contributed by atoms with Crippen LogP contribution in [0, 0.1) is 5.82 Å². The minimum atomic E-state index is -0.481. The van der Waals surface area contributed by atoms with Gasteiger partial charge in [-0.25, -0.2) is 4.39 Å². The zero-order valence-corrected chi connectivity index (χ0v) is 21.3. The summed E-state index contributed by atoms with van der Waals surface area (Å²) < 4.78 is 15.1. The summed E-state index contributed by atoms with van der Waals surface area (Å²) in [5, 5.41) is 9.47. The van der Waals surface area contributed by atoms with Crippen LogP contribution in [0.25, 0.3) is 16.7 Å². The van der Waals surface area contributed by atoms with Crippen LogP contribution < -0.4 is 15.5 Å². The fraction of sp³-hybridized carbons (Fsp3) is 0.310. The molecule has 6 rings (SSSR count). The first kappa shape index (κ1) is 23.9. The van der Waals surface area contributed by atoms with Crippen LogP contribution >= 0.6 is 11.3 Å². The topological polar surface area (TPSA) is 64.7 Å². The number of halogens is 1. The molecule has 0 aliphatic carbocycles. The molecule has 4 heterocycles. The molecule has 3 aliphatic heterocycles. The second kappa shape index (κ2) is 10.1. The summed E-state index contributed by atoms with van der Waals surface area (Å²) in [6.07, 6.45) is 6.25. The molecule has 3 aromatic rings. The first-order valence-corrected chi connectivity index (χ1v) is 13.8. The van der Waals surface area contributed by atoms with Crippen molar-refractivity contribution in [2.45, 2.75) is 31.7 Å². The van der Waals surface area contributed by atoms with E-state index in [9.17, 15) is 9.59 Å². The molecular formula is C29H29FN4O2S. The van der Waals surface area contributed by atoms with Crippen molar-refractivity contribution in [3.8, 4) is 11.1 Å². The molecule has 0 spiro atoms. The van der Waals surface area contributed by atoms with E-state index in [0.717, 1.165) is 37.1 Å². The van der Waals surface area contributed by atoms with Crippen molar-refractivity contribution in [1.82, 2.24) is 10.2 Å². The molecule has 0 saturated carbocycles. The fourth-order valence-corrected chi connectivity index (χ4v) is 6.33. The van der Waals surface area contributed by atoms with Crippen molar-refractivity contribution in [2.24, 2.45) is 0 Å². The molecule has 0 atom stereocenters. The first-order chi connectivity index (χ1) is 18.1. The smallest absolute Gasteiger partial charge is 0.260 e. The van der Waals surface area contributed by atoms with Crippen LogP contribution in [0.4, 0.5) is 15.8 Å². The number of amides is 2. The number of anilines is 2. The van der Waals surface area contributed by atoms with Gasteiger partial charge in [-0.1, -0.05) is 6.07 Å². The van der Waals surface area contributed by atoms with E-state index in [1.54, 1.807) is 29.7 Å². The highest BCUT2D eigenvalue weighted by molar-refractivity contribution is 7.08. The summed E-state index contributed by atoms with van der Waals surface area (Å²) >= 11 is 1.59. The normalized spacial score (nSPS) is 19.8. The second-order valence-electron chi connectivity index (χ2n) is 9.89. The van der Waals surface area contributed by atoms with Crippen LogP contribution in [0.2, 0.25) is 0 Å². The molecule has 37 heavy (non-hydrogen) atoms. The van der Waals surface area contributed by atoms with Gasteiger partial charge in [0.1, 0.15) is 5.82 Å². The number of rotatable bonds is 5. The molecule has 2 N–H and O–H groups in total. The van der Waals surface area contributed by atoms with Crippen molar-refractivity contribution in [1.29, 1.82) is 0 Å². The average Bonchev–Trinajstić information content (AvgIpc) is 3.64. The Labute approximate surface area is 219 Å². The van der Waals surface area contributed by atoms with E-state index in [4.69, 9.17) is 0 Å². The lowest BCUT2D eigenvalue weighted by molar-refractivity contribution is -0.114. The minimum Gasteiger partial charge on any atom is -0.369 e. The van der Waals surface area contributed by atoms with E-state index in [-0.39, 0.29) is 5.82 Å². The number of nitrogens with one attached hydrogen (secondary N) is 2. The highest BCUT2D eigenvalue weighted by Crippen LogP contribution is 2.32. The molecule has 2 fully saturated rings. The number of piperidine rings is 1. The number of likely N-dealkylation sites (tertiary alicyclic amines) is 1. The molecule has 2 saturated heterocycles. The lowest BCUT2D eigenvalue weighted by Gasteiger charge is -2.38. The molecule has 1 aromatic heterocycles. The summed E-state index contributed by atoms with van der Waals surface area (Å²) in [5.74, 6) is -1.19. The molecule has 0 unspecified atom stereocenters. The van der Waals surface area contributed by atoms with Crippen LogP contribution in [0.15, 0.2) is 59.4 Å². The number of carbonyl (C=O) groups excluding carboxylic acids is 2. The van der Waals surface area contributed by atoms with E-state index < -0.39 is 11.8 Å². The maximum Gasteiger partial charge on any atom is 0.260 e. The van der Waals surface area contributed by atoms with E-state index in [0.29, 0.717) is 34.1 Å². The molecule has 6 nitrogen and oxygen atoms in total. The summed E-state index contributed by atoms with van der Waals surface area (Å²) in [6, 6.07) is 13.2. The summed E-state index contributed by atoms with van der Waals surface area (Å²) in [4.78, 5) is 29.8. The van der Waals surface area contributed by atoms with E-state index in [2.05, 4.69) is 20.4 Å². The summed E-state index contributed by atoms with van der Waals surface area (Å²) in [5.41, 5.74) is 4.44. The number of carbonyl (C=O) groups is 2. The third-order valence-electron chi connectivity index (χ3n) is 7.67. The minimum absolute atomic E-state index is 0.286. The van der Waals surface area contributed by atoms with Crippen LogP contribution in [0.5, 0.6) is 0 Å². The molecule has 190 valence electrons. The van der Waals surface area contributed by atoms with E-state index in [1.807, 2.05) is 35.0 Å². The Morgan fingerprint density at radius 1 is 0.919 bits per heavy atom. The molecule has 0 bridgehead atoms. The van der Waals surface area contributed by atoms with Gasteiger partial charge in [0.25, 0.3) is 11.8 Å². The maximum absolute atomic E-state index is 15.1. The van der Waals surface area contributed by atoms with Gasteiger partial charge < -0.3 is 15.1 Å². The lowest BCUT2D eigenvalue weighted by atomic mass is 9.92. The second-order valence-corrected chi connectivity index (χ2v) is 10.7. The Bertz CT molecular complexity index is 1360. The third-order valence-corrected chi connectivity index (χ3v) is 8.36. The van der Waals surface area contributed by atoms with Gasteiger partial charge in [-0.15, -0.1) is 0 Å². The first-order valence-electron chi connectivity index (χ1n) is 12.8. The molecule has 8 heteroatoms. The zero-order valence-electron chi connectivity index (χ0n) is 20.5. The standard InChI is InChI=1S/C29H29FN4O2S/c30-26-16-21(4-6-27(26)34-12-7-22(8-13-34)33-10-1-2-11-33)31-17-25-24-15-19(20-9-14-37-18-20)3-5-23(24)28(35)32-29(25)36/h3-6,9,14-18,22,31H,1-2,7-8,10-13H2,(H,32,35,36). The van der Waals surface area contributed by atoms with Crippen LogP contribution in [0.1, 0.15) is 41.6 Å². The van der Waals surface area contributed by atoms with E-state index >= 15 is 4.39 Å². The summed E-state index contributed by atoms with van der Waals surface area (Å²) in [6.45, 7) is 4.10. The van der Waals surface area contributed by atoms with E-state index in [1.165, 1.54) is 32.0 Å². The number of imide groups is 1. The molecular weight excluding hydrogens is 487 g/mol. The predicted molar refractivity (Wildman–Crippen MR) is 146 cm³/mol. The number of hydrogen-bond acceptors (Lipinski definition) is 6. The monoisotopic (exact) mass is 516 g/mol. The summed E-state index contributed by atoms with van der Waals surface area (Å²) in [7, 11) is 0. The van der Waals surface area contributed by atoms with Crippen molar-refractivity contribution < 1.29 is 14.0 Å². The third kappa shape index (κ3) is 4.79. The van der Waals surface area contributed by atoms with Gasteiger partial charge in [-0.05, 0) is 97.1 Å². The Balaban J connectivity index is 1.19. The average molecular weight is 517 g/mol. The fourth-order valence-electron chi connectivity index (χ4n) is 5.66. The Hall–Kier alpha value is -3.49. The predicted octanol–water partition coefficient (Wildman–Crippen LogP) is 5.34. The number of thiophene rings is 1. The van der Waals surface area contributed by atoms with Gasteiger partial charge in [0.15, 0.2) is 0 Å². The molecule has 2 amide bonds. The zero-order chi connectivity index (χ0) is 25.4. The van der Waals surface area contributed by atoms with Crippen LogP contribution in [0.3, 0.4) is 0 Å². The van der Waals surface area contributed by atoms with Gasteiger partial charge in [0.05, 0.1) is 11.3 Å². The molecule has 0 radical (unpaired) electrons. The maximum atomic E-state index is 15.1. The van der Waals surface area contributed by atoms with Crippen LogP contribution in [-0.4, -0.2) is 48.9 Å². The van der Waals surface area contributed by atoms with Gasteiger partial charge in [-0.3, -0.25) is 14.9 Å². The highest BCUT2D eigenvalue weighted by Gasteiger charge is 2.29. The largest absolute Gasteiger partial charge is 0.369 e.